The van der Waals surface area contributed by atoms with Crippen LogP contribution in [0, 0.1) is 13.8 Å². The molecule has 1 saturated heterocycles. The summed E-state index contributed by atoms with van der Waals surface area (Å²) in [5, 5.41) is 6.01. The summed E-state index contributed by atoms with van der Waals surface area (Å²) in [6.07, 6.45) is 1.69. The van der Waals surface area contributed by atoms with Gasteiger partial charge in [-0.2, -0.15) is 0 Å². The predicted molar refractivity (Wildman–Crippen MR) is 81.2 cm³/mol. The van der Waals surface area contributed by atoms with Crippen LogP contribution in [0.4, 0.5) is 5.95 Å². The molecule has 0 radical (unpaired) electrons. The third-order valence-electron chi connectivity index (χ3n) is 3.45. The first-order valence-corrected chi connectivity index (χ1v) is 7.33. The molecule has 0 saturated carbocycles. The number of ether oxygens (including phenoxy) is 1. The summed E-state index contributed by atoms with van der Waals surface area (Å²) in [6, 6.07) is 2.07. The summed E-state index contributed by atoms with van der Waals surface area (Å²) in [6.45, 7) is 8.78. The molecule has 1 fully saturated rings. The van der Waals surface area contributed by atoms with Gasteiger partial charge in [-0.1, -0.05) is 0 Å². The predicted octanol–water partition coefficient (Wildman–Crippen LogP) is 1.58. The topological polar surface area (TPSA) is 76.1 Å². The molecule has 0 aliphatic carbocycles. The number of aromatic nitrogens is 2. The second kappa shape index (κ2) is 6.39. The van der Waals surface area contributed by atoms with Crippen LogP contribution >= 0.6 is 0 Å². The largest absolute Gasteiger partial charge is 0.375 e. The van der Waals surface area contributed by atoms with Crippen LogP contribution in [0.3, 0.4) is 0 Å². The molecule has 2 heterocycles. The summed E-state index contributed by atoms with van der Waals surface area (Å²) in [4.78, 5) is 20.5. The average Bonchev–Trinajstić information content (AvgIpc) is 2.34. The molecule has 6 heteroatoms. The van der Waals surface area contributed by atoms with Gasteiger partial charge in [-0.25, -0.2) is 9.97 Å². The second-order valence-corrected chi connectivity index (χ2v) is 6.19. The van der Waals surface area contributed by atoms with Crippen molar-refractivity contribution in [1.29, 1.82) is 0 Å². The zero-order valence-corrected chi connectivity index (χ0v) is 13.2. The number of aryl methyl sites for hydroxylation is 2. The van der Waals surface area contributed by atoms with Gasteiger partial charge in [0, 0.05) is 24.0 Å². The molecule has 1 amide bonds. The maximum Gasteiger partial charge on any atom is 0.239 e. The van der Waals surface area contributed by atoms with Gasteiger partial charge in [0.2, 0.25) is 11.9 Å². The highest BCUT2D eigenvalue weighted by molar-refractivity contribution is 5.80. The smallest absolute Gasteiger partial charge is 0.239 e. The number of hydrogen-bond acceptors (Lipinski definition) is 5. The first-order chi connectivity index (χ1) is 9.84. The van der Waals surface area contributed by atoms with Crippen molar-refractivity contribution in [2.75, 3.05) is 18.5 Å². The van der Waals surface area contributed by atoms with Crippen molar-refractivity contribution in [3.05, 3.63) is 17.5 Å². The van der Waals surface area contributed by atoms with E-state index >= 15 is 0 Å². The minimum absolute atomic E-state index is 0.0412. The number of rotatable bonds is 4. The van der Waals surface area contributed by atoms with E-state index in [2.05, 4.69) is 20.6 Å². The molecule has 21 heavy (non-hydrogen) atoms. The van der Waals surface area contributed by atoms with Crippen LogP contribution < -0.4 is 10.6 Å². The summed E-state index contributed by atoms with van der Waals surface area (Å²) < 4.78 is 5.65. The first-order valence-electron chi connectivity index (χ1n) is 7.33. The lowest BCUT2D eigenvalue weighted by molar-refractivity contribution is -0.122. The van der Waals surface area contributed by atoms with E-state index < -0.39 is 0 Å². The van der Waals surface area contributed by atoms with Crippen molar-refractivity contribution in [2.24, 2.45) is 0 Å². The Morgan fingerprint density at radius 1 is 1.38 bits per heavy atom. The summed E-state index contributed by atoms with van der Waals surface area (Å²) in [5.41, 5.74) is 1.61. The molecule has 0 bridgehead atoms. The van der Waals surface area contributed by atoms with Crippen molar-refractivity contribution in [1.82, 2.24) is 15.3 Å². The van der Waals surface area contributed by atoms with Crippen LogP contribution in [0.25, 0.3) is 0 Å². The van der Waals surface area contributed by atoms with E-state index in [0.717, 1.165) is 24.2 Å². The molecule has 1 aliphatic rings. The number of carbonyl (C=O) groups is 1. The van der Waals surface area contributed by atoms with Gasteiger partial charge < -0.3 is 15.4 Å². The summed E-state index contributed by atoms with van der Waals surface area (Å²) >= 11 is 0. The Labute approximate surface area is 125 Å². The molecule has 1 atom stereocenters. The summed E-state index contributed by atoms with van der Waals surface area (Å²) in [7, 11) is 0. The number of nitrogens with one attached hydrogen (secondary N) is 2. The van der Waals surface area contributed by atoms with Gasteiger partial charge >= 0.3 is 0 Å². The minimum atomic E-state index is -0.166. The molecule has 1 aromatic heterocycles. The molecule has 1 aromatic rings. The van der Waals surface area contributed by atoms with Gasteiger partial charge in [-0.05, 0) is 46.6 Å². The Morgan fingerprint density at radius 3 is 2.67 bits per heavy atom. The van der Waals surface area contributed by atoms with Crippen LogP contribution in [-0.4, -0.2) is 40.7 Å². The quantitative estimate of drug-likeness (QED) is 0.881. The van der Waals surface area contributed by atoms with E-state index in [0.29, 0.717) is 12.6 Å². The molecule has 1 unspecified atom stereocenters. The van der Waals surface area contributed by atoms with Gasteiger partial charge in [0.15, 0.2) is 0 Å². The molecular formula is C15H24N4O2. The number of anilines is 1. The molecule has 0 aromatic carbocycles. The number of amides is 1. The van der Waals surface area contributed by atoms with Crippen LogP contribution in [0.2, 0.25) is 0 Å². The molecule has 2 rings (SSSR count). The lowest BCUT2D eigenvalue weighted by Crippen LogP contribution is -2.47. The molecular weight excluding hydrogens is 268 g/mol. The van der Waals surface area contributed by atoms with E-state index in [9.17, 15) is 4.79 Å². The fraction of sp³-hybridized carbons (Fsp3) is 0.667. The van der Waals surface area contributed by atoms with Gasteiger partial charge in [-0.3, -0.25) is 4.79 Å². The molecule has 0 spiro atoms. The van der Waals surface area contributed by atoms with Crippen LogP contribution in [0.5, 0.6) is 0 Å². The standard InChI is InChI=1S/C15H24N4O2/c1-10-7-11(2)18-14(17-10)16-9-13(20)19-12-5-6-21-15(3,4)8-12/h7,12H,5-6,8-9H2,1-4H3,(H,19,20)(H,16,17,18). The van der Waals surface area contributed by atoms with Gasteiger partial charge in [-0.15, -0.1) is 0 Å². The van der Waals surface area contributed by atoms with Crippen LogP contribution in [0.15, 0.2) is 6.07 Å². The van der Waals surface area contributed by atoms with Gasteiger partial charge in [0.25, 0.3) is 0 Å². The number of carbonyl (C=O) groups excluding carboxylic acids is 1. The maximum atomic E-state index is 12.0. The Balaban J connectivity index is 1.82. The maximum absolute atomic E-state index is 12.0. The first kappa shape index (κ1) is 15.7. The lowest BCUT2D eigenvalue weighted by atomic mass is 9.94. The normalized spacial score (nSPS) is 20.9. The molecule has 1 aliphatic heterocycles. The van der Waals surface area contributed by atoms with E-state index in [1.54, 1.807) is 0 Å². The van der Waals surface area contributed by atoms with Crippen LogP contribution in [0.1, 0.15) is 38.1 Å². The minimum Gasteiger partial charge on any atom is -0.375 e. The fourth-order valence-corrected chi connectivity index (χ4v) is 2.60. The number of nitrogens with zero attached hydrogens (tertiary/aromatic N) is 2. The Kier molecular flexibility index (Phi) is 4.77. The van der Waals surface area contributed by atoms with Crippen molar-refractivity contribution in [3.63, 3.8) is 0 Å². The Morgan fingerprint density at radius 2 is 2.05 bits per heavy atom. The number of hydrogen-bond donors (Lipinski definition) is 2. The van der Waals surface area contributed by atoms with Crippen LogP contribution in [-0.2, 0) is 9.53 Å². The Bertz CT molecular complexity index is 496. The van der Waals surface area contributed by atoms with Crippen molar-refractivity contribution in [3.8, 4) is 0 Å². The average molecular weight is 292 g/mol. The van der Waals surface area contributed by atoms with Crippen molar-refractivity contribution >= 4 is 11.9 Å². The highest BCUT2D eigenvalue weighted by Crippen LogP contribution is 2.23. The van der Waals surface area contributed by atoms with E-state index in [-0.39, 0.29) is 24.1 Å². The van der Waals surface area contributed by atoms with Crippen molar-refractivity contribution in [2.45, 2.75) is 52.2 Å². The third kappa shape index (κ3) is 4.97. The third-order valence-corrected chi connectivity index (χ3v) is 3.45. The van der Waals surface area contributed by atoms with Crippen molar-refractivity contribution < 1.29 is 9.53 Å². The Hall–Kier alpha value is -1.69. The SMILES string of the molecule is Cc1cc(C)nc(NCC(=O)NC2CCOC(C)(C)C2)n1. The second-order valence-electron chi connectivity index (χ2n) is 6.19. The highest BCUT2D eigenvalue weighted by Gasteiger charge is 2.29. The lowest BCUT2D eigenvalue weighted by Gasteiger charge is -2.35. The molecule has 2 N–H and O–H groups in total. The van der Waals surface area contributed by atoms with E-state index in [1.165, 1.54) is 0 Å². The zero-order valence-electron chi connectivity index (χ0n) is 13.2. The molecule has 6 nitrogen and oxygen atoms in total. The monoisotopic (exact) mass is 292 g/mol. The molecule has 116 valence electrons. The van der Waals surface area contributed by atoms with E-state index in [1.807, 2.05) is 33.8 Å². The zero-order chi connectivity index (χ0) is 15.5. The fourth-order valence-electron chi connectivity index (χ4n) is 2.60. The van der Waals surface area contributed by atoms with Gasteiger partial charge in [0.1, 0.15) is 0 Å². The van der Waals surface area contributed by atoms with E-state index in [4.69, 9.17) is 4.74 Å². The summed E-state index contributed by atoms with van der Waals surface area (Å²) in [5.74, 6) is 0.454. The van der Waals surface area contributed by atoms with Gasteiger partial charge in [0.05, 0.1) is 12.1 Å². The highest BCUT2D eigenvalue weighted by atomic mass is 16.5.